The fraction of sp³-hybridized carbons (Fsp3) is 0.211. The molecule has 0 saturated carbocycles. The highest BCUT2D eigenvalue weighted by atomic mass is 35.5. The zero-order valence-corrected chi connectivity index (χ0v) is 15.8. The molecule has 0 saturated heterocycles. The van der Waals surface area contributed by atoms with Crippen LogP contribution in [0.4, 0.5) is 5.69 Å². The van der Waals surface area contributed by atoms with Gasteiger partial charge in [0, 0.05) is 17.3 Å². The van der Waals surface area contributed by atoms with Gasteiger partial charge in [-0.1, -0.05) is 47.6 Å². The van der Waals surface area contributed by atoms with Crippen LogP contribution < -0.4 is 4.90 Å². The van der Waals surface area contributed by atoms with Crippen LogP contribution in [0.1, 0.15) is 11.1 Å². The van der Waals surface area contributed by atoms with Crippen LogP contribution >= 0.6 is 23.4 Å². The molecule has 1 aliphatic rings. The molecule has 2 heterocycles. The van der Waals surface area contributed by atoms with Gasteiger partial charge in [0.1, 0.15) is 6.33 Å². The summed E-state index contributed by atoms with van der Waals surface area (Å²) in [4.78, 5) is 14.5. The number of benzene rings is 2. The molecule has 0 bridgehead atoms. The number of hydrogen-bond acceptors (Lipinski definition) is 4. The average molecular weight is 385 g/mol. The van der Waals surface area contributed by atoms with E-state index in [1.807, 2.05) is 52.8 Å². The van der Waals surface area contributed by atoms with E-state index < -0.39 is 0 Å². The van der Waals surface area contributed by atoms with Gasteiger partial charge < -0.3 is 4.90 Å². The minimum Gasteiger partial charge on any atom is -0.311 e. The molecule has 0 unspecified atom stereocenters. The molecule has 0 fully saturated rings. The second-order valence-electron chi connectivity index (χ2n) is 6.13. The average Bonchev–Trinajstić information content (AvgIpc) is 3.29. The maximum absolute atomic E-state index is 12.7. The molecule has 132 valence electrons. The highest BCUT2D eigenvalue weighted by Crippen LogP contribution is 2.29. The maximum atomic E-state index is 12.7. The van der Waals surface area contributed by atoms with E-state index in [1.54, 1.807) is 6.33 Å². The van der Waals surface area contributed by atoms with Gasteiger partial charge in [0.2, 0.25) is 5.91 Å². The van der Waals surface area contributed by atoms with Gasteiger partial charge >= 0.3 is 0 Å². The van der Waals surface area contributed by atoms with Crippen LogP contribution in [0, 0.1) is 6.92 Å². The van der Waals surface area contributed by atoms with Crippen molar-refractivity contribution in [2.75, 3.05) is 17.2 Å². The predicted molar refractivity (Wildman–Crippen MR) is 104 cm³/mol. The number of nitrogens with zero attached hydrogens (tertiary/aromatic N) is 4. The number of fused-ring (bicyclic) bond motifs is 1. The summed E-state index contributed by atoms with van der Waals surface area (Å²) in [5.74, 6) is 0.392. The van der Waals surface area contributed by atoms with E-state index in [4.69, 9.17) is 11.6 Å². The minimum atomic E-state index is 0.0800. The van der Waals surface area contributed by atoms with Gasteiger partial charge in [-0.2, -0.15) is 0 Å². The van der Waals surface area contributed by atoms with Crippen molar-refractivity contribution in [3.8, 4) is 5.69 Å². The van der Waals surface area contributed by atoms with Gasteiger partial charge in [-0.25, -0.2) is 0 Å². The second kappa shape index (κ2) is 7.13. The van der Waals surface area contributed by atoms with Crippen LogP contribution in [0.5, 0.6) is 0 Å². The van der Waals surface area contributed by atoms with Gasteiger partial charge in [0.25, 0.3) is 0 Å². The van der Waals surface area contributed by atoms with E-state index in [2.05, 4.69) is 16.3 Å². The van der Waals surface area contributed by atoms with E-state index in [0.717, 1.165) is 29.9 Å². The van der Waals surface area contributed by atoms with Crippen molar-refractivity contribution in [2.45, 2.75) is 18.5 Å². The number of aromatic nitrogens is 3. The molecular formula is C19H17ClN4OS. The normalized spacial score (nSPS) is 13.1. The third-order valence-electron chi connectivity index (χ3n) is 4.46. The molecule has 5 nitrogen and oxygen atoms in total. The number of anilines is 1. The standard InChI is InChI=1S/C19H17ClN4OS/c1-13-6-7-15(10-16(13)20)24-12-21-22-19(24)26-11-18(25)23-9-8-14-4-2-3-5-17(14)23/h2-7,10,12H,8-9,11H2,1H3. The zero-order valence-electron chi connectivity index (χ0n) is 14.2. The van der Waals surface area contributed by atoms with Crippen LogP contribution in [0.2, 0.25) is 5.02 Å². The minimum absolute atomic E-state index is 0.0800. The molecule has 3 aromatic rings. The first-order chi connectivity index (χ1) is 12.6. The Morgan fingerprint density at radius 1 is 1.27 bits per heavy atom. The lowest BCUT2D eigenvalue weighted by atomic mass is 10.2. The summed E-state index contributed by atoms with van der Waals surface area (Å²) in [7, 11) is 0. The van der Waals surface area contributed by atoms with Gasteiger partial charge in [-0.15, -0.1) is 10.2 Å². The summed E-state index contributed by atoms with van der Waals surface area (Å²) in [5, 5.41) is 9.50. The quantitative estimate of drug-likeness (QED) is 0.640. The van der Waals surface area contributed by atoms with E-state index in [0.29, 0.717) is 15.9 Å². The Morgan fingerprint density at radius 3 is 2.96 bits per heavy atom. The third kappa shape index (κ3) is 3.22. The smallest absolute Gasteiger partial charge is 0.237 e. The van der Waals surface area contributed by atoms with Crippen molar-refractivity contribution >= 4 is 35.0 Å². The summed E-state index contributed by atoms with van der Waals surface area (Å²) in [6.45, 7) is 2.69. The van der Waals surface area contributed by atoms with Gasteiger partial charge in [0.15, 0.2) is 5.16 Å². The first-order valence-corrected chi connectivity index (χ1v) is 9.67. The lowest BCUT2D eigenvalue weighted by molar-refractivity contribution is -0.116. The van der Waals surface area contributed by atoms with E-state index in [1.165, 1.54) is 17.3 Å². The summed E-state index contributed by atoms with van der Waals surface area (Å²) in [6, 6.07) is 13.9. The SMILES string of the molecule is Cc1ccc(-n2cnnc2SCC(=O)N2CCc3ccccc32)cc1Cl. The molecule has 0 radical (unpaired) electrons. The summed E-state index contributed by atoms with van der Waals surface area (Å²) in [6.07, 6.45) is 2.55. The Hall–Kier alpha value is -2.31. The molecular weight excluding hydrogens is 368 g/mol. The van der Waals surface area contributed by atoms with Gasteiger partial charge in [0.05, 0.1) is 11.4 Å². The van der Waals surface area contributed by atoms with Crippen LogP contribution in [-0.2, 0) is 11.2 Å². The lowest BCUT2D eigenvalue weighted by Gasteiger charge is -2.17. The molecule has 0 atom stereocenters. The number of para-hydroxylation sites is 1. The zero-order chi connectivity index (χ0) is 18.1. The third-order valence-corrected chi connectivity index (χ3v) is 5.80. The number of carbonyl (C=O) groups excluding carboxylic acids is 1. The maximum Gasteiger partial charge on any atom is 0.237 e. The molecule has 0 spiro atoms. The number of amides is 1. The van der Waals surface area contributed by atoms with Gasteiger partial charge in [-0.3, -0.25) is 9.36 Å². The van der Waals surface area contributed by atoms with Crippen molar-refractivity contribution in [1.29, 1.82) is 0 Å². The number of rotatable bonds is 4. The highest BCUT2D eigenvalue weighted by Gasteiger charge is 2.24. The highest BCUT2D eigenvalue weighted by molar-refractivity contribution is 7.99. The predicted octanol–water partition coefficient (Wildman–Crippen LogP) is 3.91. The topological polar surface area (TPSA) is 51.0 Å². The summed E-state index contributed by atoms with van der Waals surface area (Å²) >= 11 is 7.61. The van der Waals surface area contributed by atoms with Crippen molar-refractivity contribution in [2.24, 2.45) is 0 Å². The number of thioether (sulfide) groups is 1. The molecule has 2 aromatic carbocycles. The molecule has 26 heavy (non-hydrogen) atoms. The Kier molecular flexibility index (Phi) is 4.70. The second-order valence-corrected chi connectivity index (χ2v) is 7.48. The molecule has 1 aliphatic heterocycles. The van der Waals surface area contributed by atoms with Crippen LogP contribution in [0.25, 0.3) is 5.69 Å². The molecule has 4 rings (SSSR count). The first-order valence-electron chi connectivity index (χ1n) is 8.31. The Bertz CT molecular complexity index is 972. The lowest BCUT2D eigenvalue weighted by Crippen LogP contribution is -2.30. The molecule has 7 heteroatoms. The largest absolute Gasteiger partial charge is 0.311 e. The molecule has 1 amide bonds. The van der Waals surface area contributed by atoms with E-state index in [-0.39, 0.29) is 5.91 Å². The van der Waals surface area contributed by atoms with E-state index in [9.17, 15) is 4.79 Å². The summed E-state index contributed by atoms with van der Waals surface area (Å²) < 4.78 is 1.85. The Morgan fingerprint density at radius 2 is 2.12 bits per heavy atom. The number of carbonyl (C=O) groups is 1. The van der Waals surface area contributed by atoms with Crippen molar-refractivity contribution in [3.63, 3.8) is 0 Å². The fourth-order valence-electron chi connectivity index (χ4n) is 3.03. The van der Waals surface area contributed by atoms with Crippen LogP contribution in [-0.4, -0.2) is 33.0 Å². The van der Waals surface area contributed by atoms with Crippen molar-refractivity contribution < 1.29 is 4.79 Å². The Balaban J connectivity index is 1.49. The fourth-order valence-corrected chi connectivity index (χ4v) is 4.01. The number of hydrogen-bond donors (Lipinski definition) is 0. The number of aryl methyl sites for hydroxylation is 1. The van der Waals surface area contributed by atoms with E-state index >= 15 is 0 Å². The Labute approximate surface area is 161 Å². The van der Waals surface area contributed by atoms with Crippen molar-refractivity contribution in [1.82, 2.24) is 14.8 Å². The molecule has 0 aliphatic carbocycles. The number of halogens is 1. The monoisotopic (exact) mass is 384 g/mol. The summed E-state index contributed by atoms with van der Waals surface area (Å²) in [5.41, 5.74) is 4.14. The van der Waals surface area contributed by atoms with Crippen LogP contribution in [0.3, 0.4) is 0 Å². The molecule has 0 N–H and O–H groups in total. The van der Waals surface area contributed by atoms with Crippen molar-refractivity contribution in [3.05, 3.63) is 64.9 Å². The van der Waals surface area contributed by atoms with Gasteiger partial charge in [-0.05, 0) is 42.7 Å². The first kappa shape index (κ1) is 17.1. The van der Waals surface area contributed by atoms with Crippen LogP contribution in [0.15, 0.2) is 53.9 Å². The molecule has 1 aromatic heterocycles.